The van der Waals surface area contributed by atoms with Gasteiger partial charge in [0.25, 0.3) is 0 Å². The predicted molar refractivity (Wildman–Crippen MR) is 67.3 cm³/mol. The second kappa shape index (κ2) is 7.67. The van der Waals surface area contributed by atoms with Gasteiger partial charge in [-0.1, -0.05) is 5.92 Å². The number of nitrogens with one attached hydrogen (secondary N) is 1. The summed E-state index contributed by atoms with van der Waals surface area (Å²) in [5.74, 6) is 3.50. The fourth-order valence-corrected chi connectivity index (χ4v) is 1.99. The molecule has 3 nitrogen and oxygen atoms in total. The SMILES string of the molecule is C#CCNCCN(CCOC)C(C)C1CC1. The molecule has 0 aromatic heterocycles. The second-order valence-corrected chi connectivity index (χ2v) is 4.49. The molecule has 0 radical (unpaired) electrons. The van der Waals surface area contributed by atoms with Crippen LogP contribution in [0.4, 0.5) is 0 Å². The van der Waals surface area contributed by atoms with Crippen molar-refractivity contribution < 1.29 is 4.74 Å². The smallest absolute Gasteiger partial charge is 0.0589 e. The number of ether oxygens (including phenoxy) is 1. The highest BCUT2D eigenvalue weighted by Crippen LogP contribution is 2.34. The molecule has 0 aliphatic heterocycles. The molecule has 1 atom stereocenters. The van der Waals surface area contributed by atoms with Gasteiger partial charge in [0.2, 0.25) is 0 Å². The lowest BCUT2D eigenvalue weighted by molar-refractivity contribution is 0.118. The van der Waals surface area contributed by atoms with Crippen LogP contribution in [0.15, 0.2) is 0 Å². The zero-order valence-corrected chi connectivity index (χ0v) is 10.5. The molecule has 0 saturated heterocycles. The van der Waals surface area contributed by atoms with Gasteiger partial charge in [-0.05, 0) is 25.7 Å². The largest absolute Gasteiger partial charge is 0.383 e. The molecule has 1 unspecified atom stereocenters. The summed E-state index contributed by atoms with van der Waals surface area (Å²) in [6, 6.07) is 0.683. The maximum atomic E-state index is 5.20. The van der Waals surface area contributed by atoms with Crippen molar-refractivity contribution in [1.82, 2.24) is 10.2 Å². The number of terminal acetylenes is 1. The van der Waals surface area contributed by atoms with Gasteiger partial charge in [0, 0.05) is 32.8 Å². The summed E-state index contributed by atoms with van der Waals surface area (Å²) in [6.45, 7) is 6.84. The summed E-state index contributed by atoms with van der Waals surface area (Å²) in [7, 11) is 1.76. The Bertz CT molecular complexity index is 220. The zero-order chi connectivity index (χ0) is 11.8. The van der Waals surface area contributed by atoms with Crippen LogP contribution in [-0.4, -0.2) is 50.8 Å². The van der Waals surface area contributed by atoms with Gasteiger partial charge < -0.3 is 10.1 Å². The number of rotatable bonds is 9. The first-order chi connectivity index (χ1) is 7.79. The van der Waals surface area contributed by atoms with E-state index in [0.717, 1.165) is 32.2 Å². The number of methoxy groups -OCH3 is 1. The van der Waals surface area contributed by atoms with Crippen LogP contribution in [-0.2, 0) is 4.74 Å². The van der Waals surface area contributed by atoms with Crippen LogP contribution < -0.4 is 5.32 Å². The normalized spacial score (nSPS) is 17.4. The first kappa shape index (κ1) is 13.5. The molecule has 0 heterocycles. The van der Waals surface area contributed by atoms with Gasteiger partial charge in [0.15, 0.2) is 0 Å². The molecule has 0 bridgehead atoms. The third-order valence-corrected chi connectivity index (χ3v) is 3.27. The number of hydrogen-bond acceptors (Lipinski definition) is 3. The Morgan fingerprint density at radius 1 is 1.50 bits per heavy atom. The molecule has 16 heavy (non-hydrogen) atoms. The quantitative estimate of drug-likeness (QED) is 0.466. The standard InChI is InChI=1S/C13H24N2O/c1-4-7-14-8-9-15(10-11-16-3)12(2)13-5-6-13/h1,12-14H,5-11H2,2-3H3. The molecule has 1 aliphatic carbocycles. The molecule has 0 aromatic carbocycles. The minimum Gasteiger partial charge on any atom is -0.383 e. The maximum Gasteiger partial charge on any atom is 0.0589 e. The van der Waals surface area contributed by atoms with Gasteiger partial charge >= 0.3 is 0 Å². The van der Waals surface area contributed by atoms with Crippen molar-refractivity contribution in [2.75, 3.05) is 39.9 Å². The fourth-order valence-electron chi connectivity index (χ4n) is 1.99. The van der Waals surface area contributed by atoms with Crippen molar-refractivity contribution in [2.24, 2.45) is 5.92 Å². The van der Waals surface area contributed by atoms with Gasteiger partial charge in [-0.2, -0.15) is 0 Å². The molecule has 1 saturated carbocycles. The van der Waals surface area contributed by atoms with Crippen LogP contribution >= 0.6 is 0 Å². The molecule has 1 rings (SSSR count). The van der Waals surface area contributed by atoms with Gasteiger partial charge in [-0.25, -0.2) is 0 Å². The highest BCUT2D eigenvalue weighted by molar-refractivity contribution is 4.88. The Morgan fingerprint density at radius 2 is 2.25 bits per heavy atom. The van der Waals surface area contributed by atoms with Crippen LogP contribution in [0.5, 0.6) is 0 Å². The highest BCUT2D eigenvalue weighted by Gasteiger charge is 2.31. The molecule has 1 aliphatic rings. The van der Waals surface area contributed by atoms with Crippen LogP contribution in [0.1, 0.15) is 19.8 Å². The van der Waals surface area contributed by atoms with E-state index in [1.54, 1.807) is 7.11 Å². The summed E-state index contributed by atoms with van der Waals surface area (Å²) >= 11 is 0. The van der Waals surface area contributed by atoms with Crippen LogP contribution in [0.2, 0.25) is 0 Å². The van der Waals surface area contributed by atoms with Crippen molar-refractivity contribution in [2.45, 2.75) is 25.8 Å². The third-order valence-electron chi connectivity index (χ3n) is 3.27. The van der Waals surface area contributed by atoms with E-state index in [1.165, 1.54) is 12.8 Å². The molecule has 1 fully saturated rings. The van der Waals surface area contributed by atoms with E-state index in [0.29, 0.717) is 12.6 Å². The second-order valence-electron chi connectivity index (χ2n) is 4.49. The molecule has 3 heteroatoms. The maximum absolute atomic E-state index is 5.20. The van der Waals surface area contributed by atoms with Crippen molar-refractivity contribution in [3.05, 3.63) is 0 Å². The number of hydrogen-bond donors (Lipinski definition) is 1. The molecule has 0 amide bonds. The summed E-state index contributed by atoms with van der Waals surface area (Å²) in [4.78, 5) is 2.50. The highest BCUT2D eigenvalue weighted by atomic mass is 16.5. The first-order valence-corrected chi connectivity index (χ1v) is 6.16. The van der Waals surface area contributed by atoms with Crippen LogP contribution in [0, 0.1) is 18.3 Å². The number of nitrogens with zero attached hydrogens (tertiary/aromatic N) is 1. The molecule has 92 valence electrons. The van der Waals surface area contributed by atoms with E-state index in [9.17, 15) is 0 Å². The lowest BCUT2D eigenvalue weighted by atomic mass is 10.2. The van der Waals surface area contributed by atoms with E-state index < -0.39 is 0 Å². The fraction of sp³-hybridized carbons (Fsp3) is 0.846. The van der Waals surface area contributed by atoms with Crippen molar-refractivity contribution >= 4 is 0 Å². The van der Waals surface area contributed by atoms with Crippen molar-refractivity contribution in [3.8, 4) is 12.3 Å². The molecular weight excluding hydrogens is 200 g/mol. The molecule has 0 aromatic rings. The Kier molecular flexibility index (Phi) is 6.47. The Morgan fingerprint density at radius 3 is 2.81 bits per heavy atom. The van der Waals surface area contributed by atoms with E-state index in [4.69, 9.17) is 11.2 Å². The van der Waals surface area contributed by atoms with Gasteiger partial charge in [-0.3, -0.25) is 4.90 Å². The van der Waals surface area contributed by atoms with Crippen molar-refractivity contribution in [3.63, 3.8) is 0 Å². The topological polar surface area (TPSA) is 24.5 Å². The van der Waals surface area contributed by atoms with E-state index in [-0.39, 0.29) is 0 Å². The van der Waals surface area contributed by atoms with Gasteiger partial charge in [0.1, 0.15) is 0 Å². The van der Waals surface area contributed by atoms with Gasteiger partial charge in [-0.15, -0.1) is 6.42 Å². The molecule has 1 N–H and O–H groups in total. The lowest BCUT2D eigenvalue weighted by Crippen LogP contribution is -2.41. The summed E-state index contributed by atoms with van der Waals surface area (Å²) in [6.07, 6.45) is 7.98. The molecular formula is C13H24N2O. The van der Waals surface area contributed by atoms with Crippen LogP contribution in [0.25, 0.3) is 0 Å². The zero-order valence-electron chi connectivity index (χ0n) is 10.5. The Labute approximate surface area is 99.5 Å². The Hall–Kier alpha value is -0.560. The van der Waals surface area contributed by atoms with E-state index >= 15 is 0 Å². The minimum absolute atomic E-state index is 0.663. The summed E-state index contributed by atoms with van der Waals surface area (Å²) < 4.78 is 5.16. The van der Waals surface area contributed by atoms with Crippen molar-refractivity contribution in [1.29, 1.82) is 0 Å². The summed E-state index contributed by atoms with van der Waals surface area (Å²) in [5, 5.41) is 3.24. The van der Waals surface area contributed by atoms with E-state index in [1.807, 2.05) is 0 Å². The van der Waals surface area contributed by atoms with Gasteiger partial charge in [0.05, 0.1) is 13.2 Å². The Balaban J connectivity index is 2.22. The summed E-state index contributed by atoms with van der Waals surface area (Å²) in [5.41, 5.74) is 0. The average molecular weight is 224 g/mol. The minimum atomic E-state index is 0.663. The van der Waals surface area contributed by atoms with Crippen LogP contribution in [0.3, 0.4) is 0 Å². The molecule has 0 spiro atoms. The average Bonchev–Trinajstić information content (AvgIpc) is 3.11. The third kappa shape index (κ3) is 4.98. The first-order valence-electron chi connectivity index (χ1n) is 6.16. The monoisotopic (exact) mass is 224 g/mol. The van der Waals surface area contributed by atoms with E-state index in [2.05, 4.69) is 23.1 Å². The predicted octanol–water partition coefficient (Wildman–Crippen LogP) is 0.956. The lowest BCUT2D eigenvalue weighted by Gasteiger charge is -2.29.